The van der Waals surface area contributed by atoms with Crippen molar-refractivity contribution in [3.05, 3.63) is 23.8 Å². The summed E-state index contributed by atoms with van der Waals surface area (Å²) in [6.07, 6.45) is 8.77. The maximum atomic E-state index is 4.13. The van der Waals surface area contributed by atoms with Crippen molar-refractivity contribution >= 4 is 0 Å². The van der Waals surface area contributed by atoms with Crippen LogP contribution in [0.2, 0.25) is 0 Å². The summed E-state index contributed by atoms with van der Waals surface area (Å²) >= 11 is 0. The van der Waals surface area contributed by atoms with Gasteiger partial charge in [-0.3, -0.25) is 4.90 Å². The molecule has 0 bridgehead atoms. The predicted octanol–water partition coefficient (Wildman–Crippen LogP) is 3.49. The third-order valence-electron chi connectivity index (χ3n) is 4.79. The molecule has 134 valence electrons. The Bertz CT molecular complexity index is 357. The molecule has 3 nitrogen and oxygen atoms in total. The highest BCUT2D eigenvalue weighted by Gasteiger charge is 2.16. The van der Waals surface area contributed by atoms with Crippen LogP contribution in [0.4, 0.5) is 0 Å². The van der Waals surface area contributed by atoms with Gasteiger partial charge in [-0.05, 0) is 99.3 Å². The molecule has 0 aliphatic heterocycles. The van der Waals surface area contributed by atoms with Gasteiger partial charge in [0, 0.05) is 6.54 Å². The second kappa shape index (κ2) is 11.0. The van der Waals surface area contributed by atoms with E-state index in [2.05, 4.69) is 62.5 Å². The first kappa shape index (κ1) is 20.4. The minimum atomic E-state index is 0.717. The summed E-state index contributed by atoms with van der Waals surface area (Å²) in [7, 11) is 8.66. The van der Waals surface area contributed by atoms with E-state index in [1.807, 2.05) is 0 Å². The van der Waals surface area contributed by atoms with Crippen molar-refractivity contribution in [1.82, 2.24) is 14.7 Å². The van der Waals surface area contributed by atoms with Crippen molar-refractivity contribution in [3.8, 4) is 0 Å². The number of nitrogens with zero attached hydrogens (tertiary/aromatic N) is 3. The normalized spacial score (nSPS) is 18.8. The van der Waals surface area contributed by atoms with Gasteiger partial charge in [0.1, 0.15) is 0 Å². The van der Waals surface area contributed by atoms with Crippen LogP contribution in [0.15, 0.2) is 23.8 Å². The summed E-state index contributed by atoms with van der Waals surface area (Å²) in [5.41, 5.74) is 3.01. The maximum Gasteiger partial charge on any atom is 0.0192 e. The Morgan fingerprint density at radius 3 is 2.00 bits per heavy atom. The lowest BCUT2D eigenvalue weighted by molar-refractivity contribution is 0.252. The molecule has 1 unspecified atom stereocenters. The molecular weight excluding hydrogens is 282 g/mol. The van der Waals surface area contributed by atoms with E-state index in [4.69, 9.17) is 0 Å². The van der Waals surface area contributed by atoms with E-state index in [9.17, 15) is 0 Å². The molecule has 0 aromatic carbocycles. The maximum absolute atomic E-state index is 4.13. The molecule has 1 aliphatic rings. The van der Waals surface area contributed by atoms with Crippen molar-refractivity contribution in [2.24, 2.45) is 5.92 Å². The summed E-state index contributed by atoms with van der Waals surface area (Å²) in [5.74, 6) is 0.717. The standard InChI is InChI=1S/C20H39N3/c1-18(2)20-11-9-19(10-12-20)17-23(15-7-13-21(3)4)16-8-14-22(5)6/h9,20H,1,7-8,10-17H2,2-6H3. The molecule has 0 saturated heterocycles. The van der Waals surface area contributed by atoms with Crippen LogP contribution >= 0.6 is 0 Å². The fraction of sp³-hybridized carbons (Fsp3) is 0.800. The van der Waals surface area contributed by atoms with E-state index in [1.165, 1.54) is 70.4 Å². The van der Waals surface area contributed by atoms with E-state index in [0.29, 0.717) is 0 Å². The lowest BCUT2D eigenvalue weighted by atomic mass is 9.85. The highest BCUT2D eigenvalue weighted by Crippen LogP contribution is 2.28. The fourth-order valence-electron chi connectivity index (χ4n) is 3.26. The molecule has 0 aromatic heterocycles. The molecule has 1 atom stereocenters. The van der Waals surface area contributed by atoms with E-state index in [0.717, 1.165) is 5.92 Å². The van der Waals surface area contributed by atoms with Crippen LogP contribution in [0, 0.1) is 5.92 Å². The Labute approximate surface area is 145 Å². The van der Waals surface area contributed by atoms with Crippen LogP contribution in [0.25, 0.3) is 0 Å². The first-order valence-corrected chi connectivity index (χ1v) is 9.23. The molecule has 1 aliphatic carbocycles. The molecule has 0 aromatic rings. The van der Waals surface area contributed by atoms with E-state index < -0.39 is 0 Å². The number of hydrogen-bond acceptors (Lipinski definition) is 3. The lowest BCUT2D eigenvalue weighted by Crippen LogP contribution is -2.32. The van der Waals surface area contributed by atoms with E-state index >= 15 is 0 Å². The summed E-state index contributed by atoms with van der Waals surface area (Å²) in [6, 6.07) is 0. The van der Waals surface area contributed by atoms with Gasteiger partial charge in [-0.1, -0.05) is 23.8 Å². The third kappa shape index (κ3) is 9.29. The zero-order valence-electron chi connectivity index (χ0n) is 16.3. The second-order valence-corrected chi connectivity index (χ2v) is 7.77. The van der Waals surface area contributed by atoms with Gasteiger partial charge in [0.25, 0.3) is 0 Å². The Hall–Kier alpha value is -0.640. The fourth-order valence-corrected chi connectivity index (χ4v) is 3.26. The monoisotopic (exact) mass is 321 g/mol. The molecule has 0 N–H and O–H groups in total. The van der Waals surface area contributed by atoms with Crippen LogP contribution in [-0.2, 0) is 0 Å². The molecule has 3 heteroatoms. The van der Waals surface area contributed by atoms with Crippen molar-refractivity contribution in [2.75, 3.05) is 60.9 Å². The predicted molar refractivity (Wildman–Crippen MR) is 103 cm³/mol. The van der Waals surface area contributed by atoms with Crippen molar-refractivity contribution in [1.29, 1.82) is 0 Å². The average molecular weight is 322 g/mol. The van der Waals surface area contributed by atoms with Crippen molar-refractivity contribution < 1.29 is 0 Å². The average Bonchev–Trinajstić information content (AvgIpc) is 2.46. The first-order chi connectivity index (χ1) is 10.9. The van der Waals surface area contributed by atoms with Gasteiger partial charge in [-0.2, -0.15) is 0 Å². The van der Waals surface area contributed by atoms with E-state index in [1.54, 1.807) is 5.57 Å². The molecular formula is C20H39N3. The van der Waals surface area contributed by atoms with Crippen molar-refractivity contribution in [3.63, 3.8) is 0 Å². The third-order valence-corrected chi connectivity index (χ3v) is 4.79. The number of allylic oxidation sites excluding steroid dienone is 2. The van der Waals surface area contributed by atoms with Gasteiger partial charge in [0.2, 0.25) is 0 Å². The first-order valence-electron chi connectivity index (χ1n) is 9.23. The molecule has 23 heavy (non-hydrogen) atoms. The van der Waals surface area contributed by atoms with Gasteiger partial charge >= 0.3 is 0 Å². The smallest absolute Gasteiger partial charge is 0.0192 e. The minimum Gasteiger partial charge on any atom is -0.309 e. The Morgan fingerprint density at radius 2 is 1.61 bits per heavy atom. The Kier molecular flexibility index (Phi) is 9.77. The molecule has 0 radical (unpaired) electrons. The summed E-state index contributed by atoms with van der Waals surface area (Å²) in [6.45, 7) is 12.3. The number of hydrogen-bond donors (Lipinski definition) is 0. The largest absolute Gasteiger partial charge is 0.309 e. The topological polar surface area (TPSA) is 9.72 Å². The summed E-state index contributed by atoms with van der Waals surface area (Å²) < 4.78 is 0. The minimum absolute atomic E-state index is 0.717. The molecule has 0 heterocycles. The zero-order valence-corrected chi connectivity index (χ0v) is 16.3. The Morgan fingerprint density at radius 1 is 1.04 bits per heavy atom. The van der Waals surface area contributed by atoms with Gasteiger partial charge in [-0.25, -0.2) is 0 Å². The summed E-state index contributed by atoms with van der Waals surface area (Å²) in [4.78, 5) is 7.24. The van der Waals surface area contributed by atoms with Crippen LogP contribution in [-0.4, -0.2) is 75.6 Å². The Balaban J connectivity index is 2.45. The lowest BCUT2D eigenvalue weighted by Gasteiger charge is -2.28. The van der Waals surface area contributed by atoms with Crippen LogP contribution < -0.4 is 0 Å². The van der Waals surface area contributed by atoms with E-state index in [-0.39, 0.29) is 0 Å². The van der Waals surface area contributed by atoms with Crippen LogP contribution in [0.1, 0.15) is 39.0 Å². The zero-order chi connectivity index (χ0) is 17.2. The number of rotatable bonds is 11. The van der Waals surface area contributed by atoms with Gasteiger partial charge in [0.05, 0.1) is 0 Å². The molecule has 0 saturated carbocycles. The quantitative estimate of drug-likeness (QED) is 0.539. The highest BCUT2D eigenvalue weighted by atomic mass is 15.1. The van der Waals surface area contributed by atoms with Gasteiger partial charge < -0.3 is 9.80 Å². The molecule has 0 amide bonds. The summed E-state index contributed by atoms with van der Waals surface area (Å²) in [5, 5.41) is 0. The van der Waals surface area contributed by atoms with Crippen LogP contribution in [0.3, 0.4) is 0 Å². The van der Waals surface area contributed by atoms with Gasteiger partial charge in [0.15, 0.2) is 0 Å². The molecule has 0 fully saturated rings. The van der Waals surface area contributed by atoms with Crippen molar-refractivity contribution in [2.45, 2.75) is 39.0 Å². The SMILES string of the molecule is C=C(C)C1CC=C(CN(CCCN(C)C)CCCN(C)C)CC1. The second-order valence-electron chi connectivity index (χ2n) is 7.77. The molecule has 0 spiro atoms. The molecule has 1 rings (SSSR count). The van der Waals surface area contributed by atoms with Gasteiger partial charge in [-0.15, -0.1) is 0 Å². The van der Waals surface area contributed by atoms with Crippen LogP contribution in [0.5, 0.6) is 0 Å². The highest BCUT2D eigenvalue weighted by molar-refractivity contribution is 5.13.